The lowest BCUT2D eigenvalue weighted by atomic mass is 10.1. The lowest BCUT2D eigenvalue weighted by Crippen LogP contribution is -1.83. The minimum atomic E-state index is -0.385. The summed E-state index contributed by atoms with van der Waals surface area (Å²) >= 11 is 0. The van der Waals surface area contributed by atoms with Gasteiger partial charge in [0.15, 0.2) is 0 Å². The van der Waals surface area contributed by atoms with Crippen LogP contribution in [-0.2, 0) is 0 Å². The summed E-state index contributed by atoms with van der Waals surface area (Å²) in [4.78, 5) is 0. The monoisotopic (exact) mass is 174 g/mol. The number of nitrogens with two attached hydrogens (primary N) is 1. The van der Waals surface area contributed by atoms with Crippen LogP contribution in [-0.4, -0.2) is 0 Å². The first-order valence-corrected chi connectivity index (χ1v) is 3.86. The molecule has 0 heterocycles. The second-order valence-corrected chi connectivity index (χ2v) is 2.62. The summed E-state index contributed by atoms with van der Waals surface area (Å²) in [5, 5.41) is 0. The largest absolute Gasteiger partial charge is 0.399 e. The summed E-state index contributed by atoms with van der Waals surface area (Å²) in [6, 6.07) is 5.10. The van der Waals surface area contributed by atoms with E-state index in [2.05, 4.69) is 0 Å². The van der Waals surface area contributed by atoms with Gasteiger partial charge in [-0.3, -0.25) is 0 Å². The molecule has 0 saturated heterocycles. The number of benzene rings is 2. The average molecular weight is 174 g/mol. The molecular formula is C12H11N. The van der Waals surface area contributed by atoms with Crippen LogP contribution >= 0.6 is 0 Å². The van der Waals surface area contributed by atoms with Gasteiger partial charge in [-0.15, -0.1) is 0 Å². The van der Waals surface area contributed by atoms with Crippen LogP contribution in [0.5, 0.6) is 0 Å². The van der Waals surface area contributed by atoms with Crippen molar-refractivity contribution >= 4 is 5.69 Å². The molecule has 0 fully saturated rings. The molecule has 2 rings (SSSR count). The minimum absolute atomic E-state index is 0.195. The van der Waals surface area contributed by atoms with Crippen molar-refractivity contribution in [2.75, 3.05) is 5.73 Å². The van der Waals surface area contributed by atoms with E-state index in [-0.39, 0.29) is 35.8 Å². The SMILES string of the molecule is [2H]c1c([2H])c([2H])c(-c2ccc(N)cc2)c([2H])c1[2H]. The van der Waals surface area contributed by atoms with Crippen molar-refractivity contribution < 1.29 is 6.85 Å². The van der Waals surface area contributed by atoms with Crippen molar-refractivity contribution in [2.24, 2.45) is 0 Å². The summed E-state index contributed by atoms with van der Waals surface area (Å²) in [6.07, 6.45) is 0. The smallest absolute Gasteiger partial charge is 0.0629 e. The molecule has 13 heavy (non-hydrogen) atoms. The second-order valence-electron chi connectivity index (χ2n) is 2.62. The summed E-state index contributed by atoms with van der Waals surface area (Å²) in [5.41, 5.74) is 6.88. The molecule has 1 nitrogen and oxygen atoms in total. The highest BCUT2D eigenvalue weighted by Gasteiger charge is 1.94. The summed E-state index contributed by atoms with van der Waals surface area (Å²) in [5.74, 6) is 0. The van der Waals surface area contributed by atoms with Gasteiger partial charge >= 0.3 is 0 Å². The van der Waals surface area contributed by atoms with Crippen LogP contribution < -0.4 is 5.73 Å². The molecule has 1 heteroatoms. The van der Waals surface area contributed by atoms with Gasteiger partial charge in [0.05, 0.1) is 6.85 Å². The van der Waals surface area contributed by atoms with Gasteiger partial charge in [-0.25, -0.2) is 0 Å². The van der Waals surface area contributed by atoms with Crippen LogP contribution in [0.25, 0.3) is 11.1 Å². The second kappa shape index (κ2) is 3.31. The Morgan fingerprint density at radius 3 is 2.08 bits per heavy atom. The van der Waals surface area contributed by atoms with Crippen LogP contribution in [0.4, 0.5) is 5.69 Å². The van der Waals surface area contributed by atoms with Gasteiger partial charge in [0.1, 0.15) is 0 Å². The van der Waals surface area contributed by atoms with E-state index in [0.717, 1.165) is 0 Å². The molecule has 0 aliphatic carbocycles. The molecule has 0 radical (unpaired) electrons. The van der Waals surface area contributed by atoms with Gasteiger partial charge in [-0.1, -0.05) is 42.3 Å². The molecule has 2 N–H and O–H groups in total. The lowest BCUT2D eigenvalue weighted by Gasteiger charge is -2.00. The fourth-order valence-electron chi connectivity index (χ4n) is 1.04. The standard InChI is InChI=1S/C12H11N/c13-12-8-6-11(7-9-12)10-4-2-1-3-5-10/h1-9H,13H2/i1D,2D,3D,4D,5D. The number of hydrogen-bond acceptors (Lipinski definition) is 1. The van der Waals surface area contributed by atoms with Crippen LogP contribution in [0, 0.1) is 0 Å². The number of nitrogen functional groups attached to an aromatic ring is 1. The number of anilines is 1. The van der Waals surface area contributed by atoms with E-state index in [1.807, 2.05) is 0 Å². The van der Waals surface area contributed by atoms with Crippen LogP contribution in [0.15, 0.2) is 54.5 Å². The predicted molar refractivity (Wildman–Crippen MR) is 56.3 cm³/mol. The van der Waals surface area contributed by atoms with Crippen LogP contribution in [0.1, 0.15) is 6.85 Å². The predicted octanol–water partition coefficient (Wildman–Crippen LogP) is 2.94. The molecule has 0 saturated carbocycles. The van der Waals surface area contributed by atoms with Crippen molar-refractivity contribution in [1.29, 1.82) is 0 Å². The third-order valence-electron chi connectivity index (χ3n) is 1.70. The first-order chi connectivity index (χ1) is 8.43. The van der Waals surface area contributed by atoms with E-state index >= 15 is 0 Å². The molecule has 0 aliphatic rings. The molecule has 0 spiro atoms. The molecule has 64 valence electrons. The van der Waals surface area contributed by atoms with Gasteiger partial charge in [-0.05, 0) is 23.3 Å². The van der Waals surface area contributed by atoms with E-state index < -0.39 is 0 Å². The Labute approximate surface area is 84.9 Å². The van der Waals surface area contributed by atoms with E-state index in [1.165, 1.54) is 0 Å². The zero-order valence-electron chi connectivity index (χ0n) is 11.9. The van der Waals surface area contributed by atoms with Gasteiger partial charge in [0, 0.05) is 5.69 Å². The lowest BCUT2D eigenvalue weighted by molar-refractivity contribution is 1.61. The maximum atomic E-state index is 7.82. The van der Waals surface area contributed by atoms with Gasteiger partial charge < -0.3 is 5.73 Å². The Hall–Kier alpha value is -1.76. The first kappa shape index (κ1) is 3.97. The molecular weight excluding hydrogens is 158 g/mol. The number of rotatable bonds is 1. The Balaban J connectivity index is 2.75. The topological polar surface area (TPSA) is 26.0 Å². The average Bonchev–Trinajstić information content (AvgIpc) is 2.36. The third kappa shape index (κ3) is 1.70. The van der Waals surface area contributed by atoms with Crippen molar-refractivity contribution in [3.63, 3.8) is 0 Å². The van der Waals surface area contributed by atoms with Gasteiger partial charge in [0.2, 0.25) is 0 Å². The molecule has 0 unspecified atom stereocenters. The van der Waals surface area contributed by atoms with Gasteiger partial charge in [0.25, 0.3) is 0 Å². The zero-order valence-corrected chi connectivity index (χ0v) is 6.89. The highest BCUT2D eigenvalue weighted by atomic mass is 14.5. The normalized spacial score (nSPS) is 15.2. The molecule has 0 amide bonds. The van der Waals surface area contributed by atoms with Crippen molar-refractivity contribution in [1.82, 2.24) is 0 Å². The molecule has 2 aromatic carbocycles. The maximum absolute atomic E-state index is 7.82. The molecule has 2 aromatic rings. The van der Waals surface area contributed by atoms with Crippen molar-refractivity contribution in [2.45, 2.75) is 0 Å². The van der Waals surface area contributed by atoms with Crippen molar-refractivity contribution in [3.8, 4) is 11.1 Å². The Morgan fingerprint density at radius 1 is 0.846 bits per heavy atom. The Kier molecular flexibility index (Phi) is 1.01. The van der Waals surface area contributed by atoms with E-state index in [1.54, 1.807) is 24.3 Å². The molecule has 0 aliphatic heterocycles. The van der Waals surface area contributed by atoms with Crippen LogP contribution in [0.3, 0.4) is 0 Å². The molecule has 0 bridgehead atoms. The highest BCUT2D eigenvalue weighted by Crippen LogP contribution is 2.19. The van der Waals surface area contributed by atoms with E-state index in [0.29, 0.717) is 11.3 Å². The van der Waals surface area contributed by atoms with Gasteiger partial charge in [-0.2, -0.15) is 0 Å². The summed E-state index contributed by atoms with van der Waals surface area (Å²) in [6.45, 7) is 0. The van der Waals surface area contributed by atoms with Crippen molar-refractivity contribution in [3.05, 3.63) is 54.5 Å². The summed E-state index contributed by atoms with van der Waals surface area (Å²) < 4.78 is 38.4. The van der Waals surface area contributed by atoms with E-state index in [4.69, 9.17) is 12.6 Å². The fraction of sp³-hybridized carbons (Fsp3) is 0. The number of hydrogen-bond donors (Lipinski definition) is 1. The minimum Gasteiger partial charge on any atom is -0.399 e. The van der Waals surface area contributed by atoms with Crippen LogP contribution in [0.2, 0.25) is 0 Å². The summed E-state index contributed by atoms with van der Waals surface area (Å²) in [7, 11) is 0. The van der Waals surface area contributed by atoms with E-state index in [9.17, 15) is 0 Å². The molecule has 0 atom stereocenters. The highest BCUT2D eigenvalue weighted by molar-refractivity contribution is 5.65. The zero-order chi connectivity index (χ0) is 13.4. The first-order valence-electron chi connectivity index (χ1n) is 6.36. The fourth-order valence-corrected chi connectivity index (χ4v) is 1.04. The third-order valence-corrected chi connectivity index (χ3v) is 1.70. The Bertz CT molecular complexity index is 578. The molecule has 0 aromatic heterocycles. The maximum Gasteiger partial charge on any atom is 0.0629 e. The quantitative estimate of drug-likeness (QED) is 0.661. The Morgan fingerprint density at radius 2 is 1.46 bits per heavy atom.